The van der Waals surface area contributed by atoms with Crippen molar-refractivity contribution in [3.8, 4) is 6.07 Å². The Morgan fingerprint density at radius 2 is 1.89 bits per heavy atom. The number of carbonyl (C=O) groups is 3. The monoisotopic (exact) mass is 519 g/mol. The molecule has 4 rings (SSSR count). The molecule has 0 saturated heterocycles. The van der Waals surface area contributed by atoms with Crippen LogP contribution in [0.5, 0.6) is 0 Å². The largest absolute Gasteiger partial charge is 0.478 e. The van der Waals surface area contributed by atoms with E-state index in [0.717, 1.165) is 29.7 Å². The molecule has 1 aliphatic rings. The highest BCUT2D eigenvalue weighted by molar-refractivity contribution is 8.00. The van der Waals surface area contributed by atoms with Crippen LogP contribution in [0.15, 0.2) is 53.4 Å². The molecule has 1 aliphatic carbocycles. The Morgan fingerprint density at radius 3 is 2.61 bits per heavy atom. The highest BCUT2D eigenvalue weighted by atomic mass is 32.2. The normalized spacial score (nSPS) is 15.3. The summed E-state index contributed by atoms with van der Waals surface area (Å²) in [5.41, 5.74) is 2.14. The predicted molar refractivity (Wildman–Crippen MR) is 142 cm³/mol. The first-order chi connectivity index (χ1) is 17.3. The van der Waals surface area contributed by atoms with Crippen LogP contribution in [0.1, 0.15) is 57.0 Å². The van der Waals surface area contributed by atoms with Crippen molar-refractivity contribution in [2.24, 2.45) is 5.92 Å². The number of anilines is 2. The SMILES string of the molecule is CC1CCc2c(sc(NC(=O)C(C)Sc3cccc(NC(=O)c4ccccc4C(=O)O)c3)c2C#N)C1. The molecule has 2 amide bonds. The smallest absolute Gasteiger partial charge is 0.336 e. The van der Waals surface area contributed by atoms with Gasteiger partial charge in [0.1, 0.15) is 11.1 Å². The molecule has 3 N–H and O–H groups in total. The summed E-state index contributed by atoms with van der Waals surface area (Å²) < 4.78 is 0. The van der Waals surface area contributed by atoms with Gasteiger partial charge < -0.3 is 15.7 Å². The number of hydrogen-bond donors (Lipinski definition) is 3. The molecule has 2 unspecified atom stereocenters. The van der Waals surface area contributed by atoms with Crippen molar-refractivity contribution in [2.45, 2.75) is 43.3 Å². The number of carboxylic acids is 1. The van der Waals surface area contributed by atoms with Gasteiger partial charge in [-0.15, -0.1) is 23.1 Å². The molecule has 2 aromatic carbocycles. The predicted octanol–water partition coefficient (Wildman–Crippen LogP) is 5.81. The number of carboxylic acid groups (broad SMARTS) is 1. The second kappa shape index (κ2) is 11.0. The maximum atomic E-state index is 13.0. The summed E-state index contributed by atoms with van der Waals surface area (Å²) in [6, 6.07) is 15.3. The van der Waals surface area contributed by atoms with E-state index in [0.29, 0.717) is 22.2 Å². The van der Waals surface area contributed by atoms with Crippen LogP contribution >= 0.6 is 23.1 Å². The zero-order valence-electron chi connectivity index (χ0n) is 19.8. The number of aromatic carboxylic acids is 1. The summed E-state index contributed by atoms with van der Waals surface area (Å²) in [6.07, 6.45) is 2.85. The molecule has 0 bridgehead atoms. The molecule has 0 fully saturated rings. The van der Waals surface area contributed by atoms with Crippen molar-refractivity contribution < 1.29 is 19.5 Å². The highest BCUT2D eigenvalue weighted by Gasteiger charge is 2.26. The summed E-state index contributed by atoms with van der Waals surface area (Å²) in [7, 11) is 0. The van der Waals surface area contributed by atoms with E-state index >= 15 is 0 Å². The van der Waals surface area contributed by atoms with Crippen LogP contribution in [0.25, 0.3) is 0 Å². The fraction of sp³-hybridized carbons (Fsp3) is 0.259. The number of nitrogens with one attached hydrogen (secondary N) is 2. The number of nitriles is 1. The van der Waals surface area contributed by atoms with Gasteiger partial charge >= 0.3 is 5.97 Å². The summed E-state index contributed by atoms with van der Waals surface area (Å²) in [4.78, 5) is 39.0. The Kier molecular flexibility index (Phi) is 7.77. The molecule has 184 valence electrons. The van der Waals surface area contributed by atoms with Crippen LogP contribution < -0.4 is 10.6 Å². The third kappa shape index (κ3) is 5.61. The van der Waals surface area contributed by atoms with Gasteiger partial charge in [0.25, 0.3) is 5.91 Å². The summed E-state index contributed by atoms with van der Waals surface area (Å²) in [5.74, 6) is -1.33. The van der Waals surface area contributed by atoms with Gasteiger partial charge in [-0.25, -0.2) is 4.79 Å². The lowest BCUT2D eigenvalue weighted by Crippen LogP contribution is -2.22. The molecule has 0 saturated carbocycles. The zero-order chi connectivity index (χ0) is 25.8. The lowest BCUT2D eigenvalue weighted by Gasteiger charge is -2.17. The zero-order valence-corrected chi connectivity index (χ0v) is 21.5. The molecular weight excluding hydrogens is 494 g/mol. The third-order valence-electron chi connectivity index (χ3n) is 6.04. The highest BCUT2D eigenvalue weighted by Crippen LogP contribution is 2.39. The van der Waals surface area contributed by atoms with E-state index in [1.807, 2.05) is 6.07 Å². The topological polar surface area (TPSA) is 119 Å². The molecule has 0 radical (unpaired) electrons. The van der Waals surface area contributed by atoms with Crippen LogP contribution in [0.4, 0.5) is 10.7 Å². The van der Waals surface area contributed by atoms with Gasteiger partial charge in [-0.2, -0.15) is 5.26 Å². The van der Waals surface area contributed by atoms with E-state index in [4.69, 9.17) is 0 Å². The van der Waals surface area contributed by atoms with Gasteiger partial charge in [0, 0.05) is 15.5 Å². The second-order valence-corrected chi connectivity index (χ2v) is 11.3. The molecule has 9 heteroatoms. The lowest BCUT2D eigenvalue weighted by atomic mass is 9.89. The minimum atomic E-state index is -1.18. The number of nitrogens with zero attached hydrogens (tertiary/aromatic N) is 1. The standard InChI is InChI=1S/C27H25N3O4S2/c1-15-10-11-19-22(14-28)26(36-23(19)12-15)30-24(31)16(2)35-18-7-5-6-17(13-18)29-25(32)20-8-3-4-9-21(20)27(33)34/h3-9,13,15-16H,10-12H2,1-2H3,(H,29,32)(H,30,31)(H,33,34). The second-order valence-electron chi connectivity index (χ2n) is 8.75. The van der Waals surface area contributed by atoms with Crippen molar-refractivity contribution in [3.05, 3.63) is 75.7 Å². The number of thiophene rings is 1. The van der Waals surface area contributed by atoms with Gasteiger partial charge in [-0.3, -0.25) is 9.59 Å². The van der Waals surface area contributed by atoms with Crippen molar-refractivity contribution in [1.82, 2.24) is 0 Å². The van der Waals surface area contributed by atoms with Crippen LogP contribution in [0, 0.1) is 17.2 Å². The first-order valence-corrected chi connectivity index (χ1v) is 13.2. The molecule has 1 heterocycles. The quantitative estimate of drug-likeness (QED) is 0.339. The lowest BCUT2D eigenvalue weighted by molar-refractivity contribution is -0.115. The number of benzene rings is 2. The molecule has 36 heavy (non-hydrogen) atoms. The third-order valence-corrected chi connectivity index (χ3v) is 8.30. The van der Waals surface area contributed by atoms with E-state index in [-0.39, 0.29) is 17.0 Å². The number of carbonyl (C=O) groups excluding carboxylic acids is 2. The maximum Gasteiger partial charge on any atom is 0.336 e. The van der Waals surface area contributed by atoms with Gasteiger partial charge in [0.2, 0.25) is 5.91 Å². The molecular formula is C27H25N3O4S2. The Balaban J connectivity index is 1.43. The first kappa shape index (κ1) is 25.5. The Labute approximate surface area is 217 Å². The minimum Gasteiger partial charge on any atom is -0.478 e. The first-order valence-electron chi connectivity index (χ1n) is 11.5. The van der Waals surface area contributed by atoms with Crippen molar-refractivity contribution in [1.29, 1.82) is 5.26 Å². The van der Waals surface area contributed by atoms with Crippen LogP contribution in [0.3, 0.4) is 0 Å². The molecule has 0 aliphatic heterocycles. The summed E-state index contributed by atoms with van der Waals surface area (Å²) in [5, 5.41) is 24.9. The average molecular weight is 520 g/mol. The van der Waals surface area contributed by atoms with Crippen LogP contribution in [0.2, 0.25) is 0 Å². The van der Waals surface area contributed by atoms with Crippen LogP contribution in [-0.2, 0) is 17.6 Å². The van der Waals surface area contributed by atoms with Gasteiger partial charge in [0.15, 0.2) is 0 Å². The van der Waals surface area contributed by atoms with Crippen molar-refractivity contribution in [2.75, 3.05) is 10.6 Å². The minimum absolute atomic E-state index is 0.0668. The average Bonchev–Trinajstić information content (AvgIpc) is 3.19. The number of fused-ring (bicyclic) bond motifs is 1. The van der Waals surface area contributed by atoms with E-state index in [1.165, 1.54) is 40.1 Å². The molecule has 7 nitrogen and oxygen atoms in total. The van der Waals surface area contributed by atoms with Crippen LogP contribution in [-0.4, -0.2) is 28.1 Å². The number of amides is 2. The van der Waals surface area contributed by atoms with Gasteiger partial charge in [-0.05, 0) is 68.0 Å². The van der Waals surface area contributed by atoms with E-state index in [9.17, 15) is 24.8 Å². The van der Waals surface area contributed by atoms with E-state index in [2.05, 4.69) is 23.6 Å². The summed E-state index contributed by atoms with van der Waals surface area (Å²) >= 11 is 2.83. The maximum absolute atomic E-state index is 13.0. The van der Waals surface area contributed by atoms with E-state index < -0.39 is 17.1 Å². The molecule has 0 spiro atoms. The Hall–Kier alpha value is -3.61. The van der Waals surface area contributed by atoms with Gasteiger partial charge in [0.05, 0.1) is 21.9 Å². The van der Waals surface area contributed by atoms with Crippen molar-refractivity contribution in [3.63, 3.8) is 0 Å². The fourth-order valence-electron chi connectivity index (χ4n) is 4.14. The summed E-state index contributed by atoms with van der Waals surface area (Å²) in [6.45, 7) is 3.99. The Bertz CT molecular complexity index is 1380. The fourth-order valence-corrected chi connectivity index (χ4v) is 6.43. The van der Waals surface area contributed by atoms with Crippen molar-refractivity contribution >= 4 is 51.6 Å². The van der Waals surface area contributed by atoms with Gasteiger partial charge in [-0.1, -0.05) is 25.1 Å². The number of rotatable bonds is 7. The number of thioether (sulfide) groups is 1. The molecule has 3 aromatic rings. The Morgan fingerprint density at radius 1 is 1.14 bits per heavy atom. The molecule has 1 aromatic heterocycles. The van der Waals surface area contributed by atoms with E-state index in [1.54, 1.807) is 37.3 Å². The molecule has 2 atom stereocenters. The number of hydrogen-bond acceptors (Lipinski definition) is 6.